The number of benzene rings is 6. The van der Waals surface area contributed by atoms with E-state index in [1.807, 2.05) is 0 Å². The maximum absolute atomic E-state index is 6.89. The summed E-state index contributed by atoms with van der Waals surface area (Å²) < 4.78 is 6.89. The van der Waals surface area contributed by atoms with Crippen LogP contribution in [0.1, 0.15) is 103 Å². The average Bonchev–Trinajstić information content (AvgIpc) is 3.67. The quantitative estimate of drug-likeness (QED) is 0.185. The molecule has 2 aliphatic rings. The van der Waals surface area contributed by atoms with Gasteiger partial charge in [-0.2, -0.15) is 0 Å². The molecule has 0 amide bonds. The lowest BCUT2D eigenvalue weighted by Gasteiger charge is -2.33. The monoisotopic (exact) mass is 679 g/mol. The van der Waals surface area contributed by atoms with E-state index >= 15 is 0 Å². The Balaban J connectivity index is 1.31. The molecule has 0 unspecified atom stereocenters. The highest BCUT2D eigenvalue weighted by Crippen LogP contribution is 2.56. The summed E-state index contributed by atoms with van der Waals surface area (Å²) in [6.07, 6.45) is 0. The minimum atomic E-state index is -0.179. The summed E-state index contributed by atoms with van der Waals surface area (Å²) in [7, 11) is 0. The summed E-state index contributed by atoms with van der Waals surface area (Å²) >= 11 is 0. The van der Waals surface area contributed by atoms with Crippen molar-refractivity contribution in [3.63, 3.8) is 0 Å². The van der Waals surface area contributed by atoms with E-state index in [2.05, 4.69) is 189 Å². The summed E-state index contributed by atoms with van der Waals surface area (Å²) in [6.45, 7) is 23.3. The van der Waals surface area contributed by atoms with Gasteiger partial charge in [0, 0.05) is 39.0 Å². The summed E-state index contributed by atoms with van der Waals surface area (Å²) in [4.78, 5) is 2.49. The molecule has 0 fully saturated rings. The van der Waals surface area contributed by atoms with Crippen molar-refractivity contribution in [3.05, 3.63) is 149 Å². The smallest absolute Gasteiger partial charge is 0.137 e. The van der Waals surface area contributed by atoms with E-state index in [9.17, 15) is 0 Å². The second-order valence-electron chi connectivity index (χ2n) is 18.3. The molecule has 0 saturated carbocycles. The Morgan fingerprint density at radius 1 is 0.500 bits per heavy atom. The van der Waals surface area contributed by atoms with Crippen molar-refractivity contribution in [3.8, 4) is 22.3 Å². The maximum Gasteiger partial charge on any atom is 0.137 e. The fraction of sp³-hybridized carbons (Fsp3) is 0.280. The van der Waals surface area contributed by atoms with Crippen LogP contribution < -0.4 is 4.90 Å². The third-order valence-corrected chi connectivity index (χ3v) is 12.1. The van der Waals surface area contributed by atoms with E-state index in [0.29, 0.717) is 0 Å². The van der Waals surface area contributed by atoms with Crippen molar-refractivity contribution in [1.82, 2.24) is 0 Å². The van der Waals surface area contributed by atoms with Crippen LogP contribution in [0, 0.1) is 0 Å². The SMILES string of the molecule is CC(C)(C)c1cc(C(C)(C)C)c2c(c1)oc1cc(N(c3ccc4c(c3)C(C)(C)c3ccccc3-4)c3cccc4c3C(C)(C)c3ccccc3-4)ccc12. The van der Waals surface area contributed by atoms with Gasteiger partial charge in [-0.25, -0.2) is 0 Å². The number of hydrogen-bond acceptors (Lipinski definition) is 2. The number of furan rings is 1. The average molecular weight is 680 g/mol. The van der Waals surface area contributed by atoms with Crippen LogP contribution in [0.15, 0.2) is 120 Å². The molecule has 0 bridgehead atoms. The third kappa shape index (κ3) is 4.62. The molecule has 2 nitrogen and oxygen atoms in total. The van der Waals surface area contributed by atoms with Crippen molar-refractivity contribution in [2.45, 2.75) is 90.9 Å². The first-order valence-corrected chi connectivity index (χ1v) is 18.9. The molecule has 0 atom stereocenters. The van der Waals surface area contributed by atoms with Crippen LogP contribution in [-0.4, -0.2) is 0 Å². The van der Waals surface area contributed by atoms with Gasteiger partial charge in [0.25, 0.3) is 0 Å². The molecule has 1 aromatic heterocycles. The molecule has 2 heteroatoms. The normalized spacial score (nSPS) is 15.4. The first-order valence-electron chi connectivity index (χ1n) is 18.9. The fourth-order valence-electron chi connectivity index (χ4n) is 9.32. The van der Waals surface area contributed by atoms with Crippen molar-refractivity contribution in [2.75, 3.05) is 4.90 Å². The van der Waals surface area contributed by atoms with Gasteiger partial charge in [-0.1, -0.05) is 142 Å². The zero-order valence-electron chi connectivity index (χ0n) is 32.3. The van der Waals surface area contributed by atoms with Gasteiger partial charge in [0.15, 0.2) is 0 Å². The predicted molar refractivity (Wildman–Crippen MR) is 221 cm³/mol. The predicted octanol–water partition coefficient (Wildman–Crippen LogP) is 14.3. The summed E-state index contributed by atoms with van der Waals surface area (Å²) in [5.74, 6) is 0. The van der Waals surface area contributed by atoms with E-state index < -0.39 is 0 Å². The Hall–Kier alpha value is -5.08. The molecule has 7 aromatic rings. The molecule has 0 spiro atoms. The van der Waals surface area contributed by atoms with E-state index in [1.54, 1.807) is 0 Å². The van der Waals surface area contributed by atoms with Gasteiger partial charge in [-0.3, -0.25) is 0 Å². The van der Waals surface area contributed by atoms with Crippen molar-refractivity contribution >= 4 is 39.0 Å². The molecule has 0 radical (unpaired) electrons. The fourth-order valence-corrected chi connectivity index (χ4v) is 9.32. The Bertz CT molecular complexity index is 2600. The molecule has 1 heterocycles. The van der Waals surface area contributed by atoms with Crippen molar-refractivity contribution in [2.24, 2.45) is 0 Å². The molecule has 52 heavy (non-hydrogen) atoms. The van der Waals surface area contributed by atoms with Crippen molar-refractivity contribution < 1.29 is 4.42 Å². The van der Waals surface area contributed by atoms with Crippen LogP contribution in [0.25, 0.3) is 44.2 Å². The second kappa shape index (κ2) is 10.7. The zero-order valence-corrected chi connectivity index (χ0v) is 32.3. The van der Waals surface area contributed by atoms with Gasteiger partial charge < -0.3 is 9.32 Å². The number of anilines is 3. The standard InChI is InChI=1S/C50H49NO/c1-47(2,3)30-26-41(48(4,5)6)45-37-25-23-32(29-43(37)52-44(45)27-30)51(31-22-24-35-33-16-11-13-19-38(33)49(7,8)40(35)28-31)42-21-15-18-36-34-17-12-14-20-39(34)50(9,10)46(36)42/h11-29H,1-10H3. The van der Waals surface area contributed by atoms with E-state index in [0.717, 1.165) is 22.5 Å². The van der Waals surface area contributed by atoms with Gasteiger partial charge in [-0.15, -0.1) is 0 Å². The third-order valence-electron chi connectivity index (χ3n) is 12.1. The topological polar surface area (TPSA) is 16.4 Å². The Morgan fingerprint density at radius 3 is 1.79 bits per heavy atom. The van der Waals surface area contributed by atoms with E-state index in [-0.39, 0.29) is 21.7 Å². The van der Waals surface area contributed by atoms with Crippen LogP contribution in [-0.2, 0) is 21.7 Å². The molecule has 0 aliphatic heterocycles. The lowest BCUT2D eigenvalue weighted by atomic mass is 9.79. The van der Waals surface area contributed by atoms with Crippen LogP contribution in [0.2, 0.25) is 0 Å². The minimum Gasteiger partial charge on any atom is -0.456 e. The molecular weight excluding hydrogens is 631 g/mol. The second-order valence-corrected chi connectivity index (χ2v) is 18.3. The molecule has 0 N–H and O–H groups in total. The van der Waals surface area contributed by atoms with E-state index in [1.165, 1.54) is 72.1 Å². The van der Waals surface area contributed by atoms with Crippen molar-refractivity contribution in [1.29, 1.82) is 0 Å². The molecule has 260 valence electrons. The molecule has 0 saturated heterocycles. The van der Waals surface area contributed by atoms with Gasteiger partial charge in [-0.05, 0) is 103 Å². The Labute approximate surface area is 309 Å². The first kappa shape index (κ1) is 32.8. The zero-order chi connectivity index (χ0) is 36.5. The van der Waals surface area contributed by atoms with Gasteiger partial charge in [0.2, 0.25) is 0 Å². The highest BCUT2D eigenvalue weighted by Gasteiger charge is 2.40. The molecular formula is C50H49NO. The summed E-state index contributed by atoms with van der Waals surface area (Å²) in [5, 5.41) is 2.39. The Kier molecular flexibility index (Phi) is 6.77. The minimum absolute atomic E-state index is 0.00813. The lowest BCUT2D eigenvalue weighted by Crippen LogP contribution is -2.21. The highest BCUT2D eigenvalue weighted by molar-refractivity contribution is 6.09. The van der Waals surface area contributed by atoms with Gasteiger partial charge >= 0.3 is 0 Å². The van der Waals surface area contributed by atoms with E-state index in [4.69, 9.17) is 4.42 Å². The highest BCUT2D eigenvalue weighted by atomic mass is 16.3. The molecule has 6 aromatic carbocycles. The summed E-state index contributed by atoms with van der Waals surface area (Å²) in [6, 6.07) is 43.4. The number of nitrogens with zero attached hydrogens (tertiary/aromatic N) is 1. The largest absolute Gasteiger partial charge is 0.456 e. The number of rotatable bonds is 3. The Morgan fingerprint density at radius 2 is 1.10 bits per heavy atom. The van der Waals surface area contributed by atoms with Crippen LogP contribution >= 0.6 is 0 Å². The molecule has 2 aliphatic carbocycles. The van der Waals surface area contributed by atoms with Crippen LogP contribution in [0.3, 0.4) is 0 Å². The van der Waals surface area contributed by atoms with Gasteiger partial charge in [0.05, 0.1) is 5.69 Å². The maximum atomic E-state index is 6.89. The number of hydrogen-bond donors (Lipinski definition) is 0. The summed E-state index contributed by atoms with van der Waals surface area (Å²) in [5.41, 5.74) is 18.4. The number of fused-ring (bicyclic) bond motifs is 9. The lowest BCUT2D eigenvalue weighted by molar-refractivity contribution is 0.569. The molecule has 9 rings (SSSR count). The van der Waals surface area contributed by atoms with Crippen LogP contribution in [0.4, 0.5) is 17.1 Å². The van der Waals surface area contributed by atoms with Crippen LogP contribution in [0.5, 0.6) is 0 Å². The first-order chi connectivity index (χ1) is 24.6. The van der Waals surface area contributed by atoms with Gasteiger partial charge in [0.1, 0.15) is 11.2 Å².